The van der Waals surface area contributed by atoms with Gasteiger partial charge in [-0.2, -0.15) is 0 Å². The van der Waals surface area contributed by atoms with Gasteiger partial charge in [-0.05, 0) is 82.2 Å². The summed E-state index contributed by atoms with van der Waals surface area (Å²) in [6.45, 7) is 5.78. The molecule has 0 fully saturated rings. The second kappa shape index (κ2) is 8.74. The normalized spacial score (nSPS) is 10.9. The van der Waals surface area contributed by atoms with Crippen molar-refractivity contribution in [3.63, 3.8) is 0 Å². The highest BCUT2D eigenvalue weighted by atomic mass is 16.5. The van der Waals surface area contributed by atoms with E-state index in [0.717, 1.165) is 42.0 Å². The van der Waals surface area contributed by atoms with Crippen molar-refractivity contribution >= 4 is 0 Å². The van der Waals surface area contributed by atoms with E-state index in [1.165, 1.54) is 11.1 Å². The lowest BCUT2D eigenvalue weighted by atomic mass is 10.1. The predicted molar refractivity (Wildman–Crippen MR) is 100 cm³/mol. The summed E-state index contributed by atoms with van der Waals surface area (Å²) in [5.41, 5.74) is 4.79. The van der Waals surface area contributed by atoms with Gasteiger partial charge in [-0.15, -0.1) is 0 Å². The Morgan fingerprint density at radius 2 is 1.75 bits per heavy atom. The lowest BCUT2D eigenvalue weighted by Gasteiger charge is -2.14. The minimum absolute atomic E-state index is 0.523. The van der Waals surface area contributed by atoms with Crippen LogP contribution in [0.5, 0.6) is 11.5 Å². The van der Waals surface area contributed by atoms with Crippen molar-refractivity contribution in [2.75, 3.05) is 27.7 Å². The summed E-state index contributed by atoms with van der Waals surface area (Å²) in [7, 11) is 5.93. The number of methoxy groups -OCH3 is 1. The van der Waals surface area contributed by atoms with E-state index in [1.807, 2.05) is 6.07 Å². The van der Waals surface area contributed by atoms with Gasteiger partial charge in [0.25, 0.3) is 0 Å². The van der Waals surface area contributed by atoms with Crippen LogP contribution in [-0.2, 0) is 13.0 Å². The van der Waals surface area contributed by atoms with Gasteiger partial charge in [0.1, 0.15) is 18.1 Å². The topological polar surface area (TPSA) is 21.7 Å². The summed E-state index contributed by atoms with van der Waals surface area (Å²) in [5, 5.41) is 0. The lowest BCUT2D eigenvalue weighted by Crippen LogP contribution is -2.13. The highest BCUT2D eigenvalue weighted by Gasteiger charge is 2.07. The first kappa shape index (κ1) is 18.3. The molecule has 0 saturated heterocycles. The molecule has 3 nitrogen and oxygen atoms in total. The van der Waals surface area contributed by atoms with E-state index in [-0.39, 0.29) is 0 Å². The third-order valence-electron chi connectivity index (χ3n) is 4.14. The second-order valence-corrected chi connectivity index (χ2v) is 6.61. The van der Waals surface area contributed by atoms with Crippen LogP contribution in [-0.4, -0.2) is 32.6 Å². The van der Waals surface area contributed by atoms with Gasteiger partial charge in [0.05, 0.1) is 7.11 Å². The van der Waals surface area contributed by atoms with Crippen molar-refractivity contribution in [2.24, 2.45) is 0 Å². The first-order valence-corrected chi connectivity index (χ1v) is 8.50. The summed E-state index contributed by atoms with van der Waals surface area (Å²) in [4.78, 5) is 2.22. The second-order valence-electron chi connectivity index (χ2n) is 6.61. The Kier molecular flexibility index (Phi) is 6.68. The fourth-order valence-corrected chi connectivity index (χ4v) is 2.72. The molecule has 0 amide bonds. The van der Waals surface area contributed by atoms with E-state index in [4.69, 9.17) is 9.47 Å². The van der Waals surface area contributed by atoms with E-state index in [1.54, 1.807) is 7.11 Å². The molecule has 0 saturated carbocycles. The van der Waals surface area contributed by atoms with E-state index < -0.39 is 0 Å². The van der Waals surface area contributed by atoms with Crippen LogP contribution in [0.3, 0.4) is 0 Å². The molecule has 2 rings (SSSR count). The molecule has 0 heterocycles. The quantitative estimate of drug-likeness (QED) is 0.718. The highest BCUT2D eigenvalue weighted by Crippen LogP contribution is 2.25. The molecular weight excluding hydrogens is 298 g/mol. The number of hydrogen-bond donors (Lipinski definition) is 0. The summed E-state index contributed by atoms with van der Waals surface area (Å²) < 4.78 is 11.6. The largest absolute Gasteiger partial charge is 0.496 e. The van der Waals surface area contributed by atoms with Crippen LogP contribution in [0.4, 0.5) is 0 Å². The molecule has 2 aromatic carbocycles. The summed E-state index contributed by atoms with van der Waals surface area (Å²) in [6.07, 6.45) is 2.22. The molecule has 2 aromatic rings. The van der Waals surface area contributed by atoms with E-state index in [9.17, 15) is 0 Å². The van der Waals surface area contributed by atoms with Gasteiger partial charge in [0.15, 0.2) is 0 Å². The molecule has 0 atom stereocenters. The Labute approximate surface area is 146 Å². The van der Waals surface area contributed by atoms with Gasteiger partial charge >= 0.3 is 0 Å². The Hall–Kier alpha value is -2.00. The average molecular weight is 327 g/mol. The molecule has 0 radical (unpaired) electrons. The Morgan fingerprint density at radius 1 is 0.958 bits per heavy atom. The van der Waals surface area contributed by atoms with Gasteiger partial charge in [0, 0.05) is 5.56 Å². The molecule has 0 aromatic heterocycles. The fraction of sp³-hybridized carbons (Fsp3) is 0.429. The number of nitrogens with zero attached hydrogens (tertiary/aromatic N) is 1. The SMILES string of the molecule is COc1ccc(CCCN(C)C)cc1COc1cc(C)ccc1C. The smallest absolute Gasteiger partial charge is 0.125 e. The van der Waals surface area contributed by atoms with Crippen LogP contribution in [0.2, 0.25) is 0 Å². The molecule has 0 aliphatic heterocycles. The van der Waals surface area contributed by atoms with Crippen LogP contribution in [0.15, 0.2) is 36.4 Å². The zero-order valence-corrected chi connectivity index (χ0v) is 15.6. The maximum absolute atomic E-state index is 6.06. The van der Waals surface area contributed by atoms with Crippen LogP contribution in [0.25, 0.3) is 0 Å². The summed E-state index contributed by atoms with van der Waals surface area (Å²) >= 11 is 0. The molecule has 0 aliphatic rings. The summed E-state index contributed by atoms with van der Waals surface area (Å²) in [6, 6.07) is 12.7. The molecular formula is C21H29NO2. The van der Waals surface area contributed by atoms with Crippen molar-refractivity contribution in [3.8, 4) is 11.5 Å². The first-order valence-electron chi connectivity index (χ1n) is 8.50. The molecule has 0 spiro atoms. The zero-order chi connectivity index (χ0) is 17.5. The summed E-state index contributed by atoms with van der Waals surface area (Å²) in [5.74, 6) is 1.83. The van der Waals surface area contributed by atoms with Crippen LogP contribution < -0.4 is 9.47 Å². The third-order valence-corrected chi connectivity index (χ3v) is 4.14. The number of rotatable bonds is 8. The van der Waals surface area contributed by atoms with Gasteiger partial charge in [-0.25, -0.2) is 0 Å². The minimum atomic E-state index is 0.523. The minimum Gasteiger partial charge on any atom is -0.496 e. The number of hydrogen-bond acceptors (Lipinski definition) is 3. The van der Waals surface area contributed by atoms with E-state index in [2.05, 4.69) is 63.2 Å². The Balaban J connectivity index is 2.08. The van der Waals surface area contributed by atoms with Crippen LogP contribution in [0.1, 0.15) is 28.7 Å². The molecule has 130 valence electrons. The van der Waals surface area contributed by atoms with E-state index in [0.29, 0.717) is 6.61 Å². The van der Waals surface area contributed by atoms with Crippen molar-refractivity contribution in [1.29, 1.82) is 0 Å². The maximum atomic E-state index is 6.06. The number of benzene rings is 2. The highest BCUT2D eigenvalue weighted by molar-refractivity contribution is 5.39. The average Bonchev–Trinajstić information content (AvgIpc) is 2.55. The van der Waals surface area contributed by atoms with Crippen LogP contribution in [0, 0.1) is 13.8 Å². The Bertz CT molecular complexity index is 665. The maximum Gasteiger partial charge on any atom is 0.125 e. The fourth-order valence-electron chi connectivity index (χ4n) is 2.72. The monoisotopic (exact) mass is 327 g/mol. The van der Waals surface area contributed by atoms with Gasteiger partial charge in [0.2, 0.25) is 0 Å². The molecule has 0 N–H and O–H groups in total. The third kappa shape index (κ3) is 5.27. The van der Waals surface area contributed by atoms with Crippen molar-refractivity contribution < 1.29 is 9.47 Å². The molecule has 3 heteroatoms. The van der Waals surface area contributed by atoms with Crippen molar-refractivity contribution in [3.05, 3.63) is 58.7 Å². The zero-order valence-electron chi connectivity index (χ0n) is 15.6. The van der Waals surface area contributed by atoms with Crippen molar-refractivity contribution in [1.82, 2.24) is 4.90 Å². The molecule has 0 bridgehead atoms. The van der Waals surface area contributed by atoms with Crippen molar-refractivity contribution in [2.45, 2.75) is 33.3 Å². The first-order chi connectivity index (χ1) is 11.5. The van der Waals surface area contributed by atoms with Gasteiger partial charge < -0.3 is 14.4 Å². The number of aryl methyl sites for hydroxylation is 3. The lowest BCUT2D eigenvalue weighted by molar-refractivity contribution is 0.294. The van der Waals surface area contributed by atoms with Crippen LogP contribution >= 0.6 is 0 Å². The number of ether oxygens (including phenoxy) is 2. The Morgan fingerprint density at radius 3 is 2.46 bits per heavy atom. The molecule has 24 heavy (non-hydrogen) atoms. The predicted octanol–water partition coefficient (Wildman–Crippen LogP) is 4.39. The van der Waals surface area contributed by atoms with Gasteiger partial charge in [-0.1, -0.05) is 18.2 Å². The standard InChI is InChI=1S/C21H29NO2/c1-16-8-9-17(2)21(13-16)24-15-19-14-18(7-6-12-22(3)4)10-11-20(19)23-5/h8-11,13-14H,6-7,12,15H2,1-5H3. The van der Waals surface area contributed by atoms with E-state index >= 15 is 0 Å². The molecule has 0 aliphatic carbocycles. The van der Waals surface area contributed by atoms with Gasteiger partial charge in [-0.3, -0.25) is 0 Å². The molecule has 0 unspecified atom stereocenters.